The van der Waals surface area contributed by atoms with Gasteiger partial charge in [-0.15, -0.1) is 0 Å². The second-order valence-electron chi connectivity index (χ2n) is 6.17. The van der Waals surface area contributed by atoms with Crippen molar-refractivity contribution in [3.05, 3.63) is 30.1 Å². The summed E-state index contributed by atoms with van der Waals surface area (Å²) in [6.45, 7) is 0.803. The first kappa shape index (κ1) is 11.3. The van der Waals surface area contributed by atoms with E-state index in [1.165, 1.54) is 37.8 Å². The van der Waals surface area contributed by atoms with E-state index in [4.69, 9.17) is 5.73 Å². The summed E-state index contributed by atoms with van der Waals surface area (Å²) in [7, 11) is 0. The van der Waals surface area contributed by atoms with Crippen LogP contribution in [0.5, 0.6) is 0 Å². The maximum Gasteiger partial charge on any atom is 0.196 e. The molecule has 3 unspecified atom stereocenters. The van der Waals surface area contributed by atoms with Crippen molar-refractivity contribution < 1.29 is 4.39 Å². The number of fused-ring (bicyclic) bond motifs is 3. The highest BCUT2D eigenvalue weighted by molar-refractivity contribution is 5.98. The van der Waals surface area contributed by atoms with Gasteiger partial charge in [0, 0.05) is 5.69 Å². The van der Waals surface area contributed by atoms with Gasteiger partial charge in [0.05, 0.1) is 12.1 Å². The average molecular weight is 259 g/mol. The predicted octanol–water partition coefficient (Wildman–Crippen LogP) is 2.52. The first-order chi connectivity index (χ1) is 9.19. The van der Waals surface area contributed by atoms with E-state index in [2.05, 4.69) is 9.89 Å². The van der Waals surface area contributed by atoms with Crippen LogP contribution in [0.1, 0.15) is 25.7 Å². The van der Waals surface area contributed by atoms with Gasteiger partial charge in [0.1, 0.15) is 5.82 Å². The molecule has 3 aliphatic rings. The molecule has 1 aliphatic heterocycles. The molecule has 2 aliphatic carbocycles. The summed E-state index contributed by atoms with van der Waals surface area (Å²) in [5.41, 5.74) is 7.17. The van der Waals surface area contributed by atoms with Crippen molar-refractivity contribution >= 4 is 11.6 Å². The molecule has 1 aromatic rings. The number of nitrogens with two attached hydrogens (primary N) is 1. The summed E-state index contributed by atoms with van der Waals surface area (Å²) in [5, 5.41) is 0. The third-order valence-electron chi connectivity index (χ3n) is 5.22. The summed E-state index contributed by atoms with van der Waals surface area (Å²) in [6, 6.07) is 6.64. The van der Waals surface area contributed by atoms with Gasteiger partial charge in [-0.3, -0.25) is 4.99 Å². The molecule has 100 valence electrons. The SMILES string of the molecule is NC1=NCC2(CC3CCC2C3)N1c1ccc(F)cc1. The minimum atomic E-state index is -0.208. The molecule has 2 bridgehead atoms. The third-order valence-corrected chi connectivity index (χ3v) is 5.22. The molecule has 2 saturated carbocycles. The van der Waals surface area contributed by atoms with E-state index >= 15 is 0 Å². The van der Waals surface area contributed by atoms with E-state index in [0.29, 0.717) is 11.9 Å². The van der Waals surface area contributed by atoms with Gasteiger partial charge in [-0.2, -0.15) is 0 Å². The van der Waals surface area contributed by atoms with Crippen LogP contribution in [0.2, 0.25) is 0 Å². The fourth-order valence-electron chi connectivity index (χ4n) is 4.45. The molecule has 0 aromatic heterocycles. The zero-order valence-electron chi connectivity index (χ0n) is 10.8. The first-order valence-electron chi connectivity index (χ1n) is 7.05. The van der Waals surface area contributed by atoms with Crippen LogP contribution >= 0.6 is 0 Å². The molecule has 3 atom stereocenters. The van der Waals surface area contributed by atoms with E-state index in [-0.39, 0.29) is 11.4 Å². The van der Waals surface area contributed by atoms with E-state index in [0.717, 1.165) is 18.2 Å². The number of hydrogen-bond donors (Lipinski definition) is 1. The largest absolute Gasteiger partial charge is 0.369 e. The van der Waals surface area contributed by atoms with Gasteiger partial charge in [0.2, 0.25) is 0 Å². The molecule has 2 fully saturated rings. The minimum absolute atomic E-state index is 0.0742. The Labute approximate surface area is 112 Å². The second kappa shape index (κ2) is 3.71. The van der Waals surface area contributed by atoms with Gasteiger partial charge >= 0.3 is 0 Å². The standard InChI is InChI=1S/C15H18FN3/c16-12-3-5-13(6-4-12)19-14(17)18-9-15(19)8-10-1-2-11(15)7-10/h3-6,10-11H,1-2,7-9H2,(H2,17,18). The Morgan fingerprint density at radius 2 is 2.05 bits per heavy atom. The molecule has 0 saturated heterocycles. The predicted molar refractivity (Wildman–Crippen MR) is 73.5 cm³/mol. The molecule has 1 spiro atoms. The van der Waals surface area contributed by atoms with Crippen LogP contribution in [0.3, 0.4) is 0 Å². The number of rotatable bonds is 1. The maximum atomic E-state index is 13.1. The van der Waals surface area contributed by atoms with Crippen molar-refractivity contribution in [2.45, 2.75) is 31.2 Å². The van der Waals surface area contributed by atoms with Crippen molar-refractivity contribution in [2.75, 3.05) is 11.4 Å². The molecule has 4 rings (SSSR count). The lowest BCUT2D eigenvalue weighted by Gasteiger charge is -2.42. The number of benzene rings is 1. The van der Waals surface area contributed by atoms with Crippen LogP contribution in [-0.2, 0) is 0 Å². The van der Waals surface area contributed by atoms with Crippen molar-refractivity contribution in [3.63, 3.8) is 0 Å². The smallest absolute Gasteiger partial charge is 0.196 e. The molecule has 0 radical (unpaired) electrons. The number of nitrogens with zero attached hydrogens (tertiary/aromatic N) is 2. The van der Waals surface area contributed by atoms with E-state index in [1.807, 2.05) is 12.1 Å². The Hall–Kier alpha value is -1.58. The number of hydrogen-bond acceptors (Lipinski definition) is 3. The normalized spacial score (nSPS) is 36.3. The molecule has 2 N–H and O–H groups in total. The summed E-state index contributed by atoms with van der Waals surface area (Å²) in [6.07, 6.45) is 5.12. The summed E-state index contributed by atoms with van der Waals surface area (Å²) in [5.74, 6) is 1.90. The van der Waals surface area contributed by atoms with Gasteiger partial charge in [0.25, 0.3) is 0 Å². The van der Waals surface area contributed by atoms with E-state index in [1.54, 1.807) is 0 Å². The van der Waals surface area contributed by atoms with Gasteiger partial charge in [0.15, 0.2) is 5.96 Å². The Morgan fingerprint density at radius 1 is 1.26 bits per heavy atom. The average Bonchev–Trinajstić information content (AvgIpc) is 3.07. The van der Waals surface area contributed by atoms with Crippen molar-refractivity contribution in [3.8, 4) is 0 Å². The Morgan fingerprint density at radius 3 is 2.68 bits per heavy atom. The van der Waals surface area contributed by atoms with Gasteiger partial charge in [-0.1, -0.05) is 0 Å². The van der Waals surface area contributed by atoms with Gasteiger partial charge < -0.3 is 10.6 Å². The lowest BCUT2D eigenvalue weighted by Crippen LogP contribution is -2.55. The fourth-order valence-corrected chi connectivity index (χ4v) is 4.45. The fraction of sp³-hybridized carbons (Fsp3) is 0.533. The lowest BCUT2D eigenvalue weighted by molar-refractivity contribution is 0.293. The van der Waals surface area contributed by atoms with Crippen LogP contribution in [0.25, 0.3) is 0 Å². The van der Waals surface area contributed by atoms with Crippen molar-refractivity contribution in [1.82, 2.24) is 0 Å². The van der Waals surface area contributed by atoms with E-state index in [9.17, 15) is 4.39 Å². The monoisotopic (exact) mass is 259 g/mol. The van der Waals surface area contributed by atoms with Crippen LogP contribution in [0, 0.1) is 17.7 Å². The first-order valence-corrected chi connectivity index (χ1v) is 7.05. The minimum Gasteiger partial charge on any atom is -0.369 e. The topological polar surface area (TPSA) is 41.6 Å². The van der Waals surface area contributed by atoms with Crippen LogP contribution < -0.4 is 10.6 Å². The van der Waals surface area contributed by atoms with Crippen molar-refractivity contribution in [1.29, 1.82) is 0 Å². The zero-order valence-corrected chi connectivity index (χ0v) is 10.8. The van der Waals surface area contributed by atoms with Crippen molar-refractivity contribution in [2.24, 2.45) is 22.6 Å². The second-order valence-corrected chi connectivity index (χ2v) is 6.17. The number of guanidine groups is 1. The van der Waals surface area contributed by atoms with Gasteiger partial charge in [-0.25, -0.2) is 4.39 Å². The quantitative estimate of drug-likeness (QED) is 0.842. The van der Waals surface area contributed by atoms with Crippen LogP contribution in [0.4, 0.5) is 10.1 Å². The van der Waals surface area contributed by atoms with Gasteiger partial charge in [-0.05, 0) is 61.8 Å². The lowest BCUT2D eigenvalue weighted by atomic mass is 9.80. The zero-order chi connectivity index (χ0) is 13.0. The highest BCUT2D eigenvalue weighted by Gasteiger charge is 2.57. The van der Waals surface area contributed by atoms with E-state index < -0.39 is 0 Å². The van der Waals surface area contributed by atoms with Crippen LogP contribution in [0.15, 0.2) is 29.3 Å². The molecule has 4 heteroatoms. The molecular formula is C15H18FN3. The Balaban J connectivity index is 1.75. The summed E-state index contributed by atoms with van der Waals surface area (Å²) >= 11 is 0. The maximum absolute atomic E-state index is 13.1. The number of aliphatic imine (C=N–C) groups is 1. The highest BCUT2D eigenvalue weighted by Crippen LogP contribution is 2.55. The highest BCUT2D eigenvalue weighted by atomic mass is 19.1. The third kappa shape index (κ3) is 1.46. The summed E-state index contributed by atoms with van der Waals surface area (Å²) in [4.78, 5) is 6.67. The Bertz CT molecular complexity index is 539. The number of anilines is 1. The molecular weight excluding hydrogens is 241 g/mol. The van der Waals surface area contributed by atoms with Crippen LogP contribution in [-0.4, -0.2) is 18.0 Å². The molecule has 19 heavy (non-hydrogen) atoms. The Kier molecular flexibility index (Phi) is 2.20. The summed E-state index contributed by atoms with van der Waals surface area (Å²) < 4.78 is 13.1. The molecule has 1 heterocycles. The molecule has 0 amide bonds. The number of halogens is 1. The molecule has 3 nitrogen and oxygen atoms in total. The molecule has 1 aromatic carbocycles.